The van der Waals surface area contributed by atoms with Crippen molar-refractivity contribution in [3.8, 4) is 0 Å². The van der Waals surface area contributed by atoms with Gasteiger partial charge in [-0.15, -0.1) is 24.8 Å². The van der Waals surface area contributed by atoms with Crippen molar-refractivity contribution in [2.45, 2.75) is 37.9 Å². The van der Waals surface area contributed by atoms with Crippen LogP contribution in [0.25, 0.3) is 0 Å². The third-order valence-corrected chi connectivity index (χ3v) is 4.98. The number of nitrogens with zero attached hydrogens (tertiary/aromatic N) is 1. The van der Waals surface area contributed by atoms with Crippen molar-refractivity contribution in [2.75, 3.05) is 26.2 Å². The molecular weight excluding hydrogens is 360 g/mol. The molecule has 24 heavy (non-hydrogen) atoms. The van der Waals surface area contributed by atoms with Gasteiger partial charge in [0.25, 0.3) is 0 Å². The van der Waals surface area contributed by atoms with Gasteiger partial charge < -0.3 is 5.32 Å². The fraction of sp³-hybridized carbons (Fsp3) is 0.647. The highest BCUT2D eigenvalue weighted by Gasteiger charge is 2.39. The molecule has 138 valence electrons. The number of hydrogen-bond donors (Lipinski definition) is 1. The van der Waals surface area contributed by atoms with Gasteiger partial charge in [0.1, 0.15) is 0 Å². The molecule has 1 saturated heterocycles. The van der Waals surface area contributed by atoms with Gasteiger partial charge in [-0.1, -0.05) is 31.0 Å². The number of hydrogen-bond acceptors (Lipinski definition) is 2. The number of alkyl halides is 3. The SMILES string of the molecule is Cl.Cl.FC(F)(F)c1ccccc1[C@@H](C1CCCC1)N1CCNCC1. The molecule has 0 unspecified atom stereocenters. The number of halogens is 5. The van der Waals surface area contributed by atoms with Crippen molar-refractivity contribution in [3.63, 3.8) is 0 Å². The standard InChI is InChI=1S/C17H23F3N2.2ClH/c18-17(19,20)15-8-4-3-7-14(15)16(13-5-1-2-6-13)22-11-9-21-10-12-22;;/h3-4,7-8,13,16,21H,1-2,5-6,9-12H2;2*1H/t16-;;/m1../s1. The van der Waals surface area contributed by atoms with Crippen LogP contribution in [0.4, 0.5) is 13.2 Å². The fourth-order valence-electron chi connectivity index (χ4n) is 4.00. The van der Waals surface area contributed by atoms with Gasteiger partial charge in [-0.05, 0) is 30.4 Å². The van der Waals surface area contributed by atoms with Gasteiger partial charge >= 0.3 is 6.18 Å². The van der Waals surface area contributed by atoms with Gasteiger partial charge in [-0.2, -0.15) is 13.2 Å². The normalized spacial score (nSPS) is 21.0. The lowest BCUT2D eigenvalue weighted by molar-refractivity contribution is -0.139. The molecule has 0 bridgehead atoms. The van der Waals surface area contributed by atoms with Crippen LogP contribution in [-0.2, 0) is 6.18 Å². The lowest BCUT2D eigenvalue weighted by Crippen LogP contribution is -2.47. The Labute approximate surface area is 154 Å². The molecule has 3 rings (SSSR count). The Kier molecular flexibility index (Phi) is 8.33. The summed E-state index contributed by atoms with van der Waals surface area (Å²) >= 11 is 0. The topological polar surface area (TPSA) is 15.3 Å². The van der Waals surface area contributed by atoms with Crippen LogP contribution in [0.3, 0.4) is 0 Å². The monoisotopic (exact) mass is 384 g/mol. The van der Waals surface area contributed by atoms with E-state index in [9.17, 15) is 13.2 Å². The molecule has 1 aliphatic heterocycles. The molecule has 7 heteroatoms. The zero-order valence-corrected chi connectivity index (χ0v) is 15.2. The summed E-state index contributed by atoms with van der Waals surface area (Å²) in [5.41, 5.74) is 0.0224. The van der Waals surface area contributed by atoms with E-state index in [1.165, 1.54) is 12.1 Å². The van der Waals surface area contributed by atoms with Crippen molar-refractivity contribution in [1.29, 1.82) is 0 Å². The minimum atomic E-state index is -4.28. The van der Waals surface area contributed by atoms with Gasteiger partial charge in [-0.25, -0.2) is 0 Å². The molecule has 2 aliphatic rings. The van der Waals surface area contributed by atoms with Crippen molar-refractivity contribution in [1.82, 2.24) is 10.2 Å². The predicted molar refractivity (Wildman–Crippen MR) is 95.1 cm³/mol. The van der Waals surface area contributed by atoms with Crippen LogP contribution in [0.15, 0.2) is 24.3 Å². The van der Waals surface area contributed by atoms with Gasteiger partial charge in [0, 0.05) is 32.2 Å². The maximum absolute atomic E-state index is 13.4. The number of nitrogens with one attached hydrogen (secondary N) is 1. The molecule has 1 aliphatic carbocycles. The lowest BCUT2D eigenvalue weighted by Gasteiger charge is -2.39. The number of rotatable bonds is 3. The van der Waals surface area contributed by atoms with Gasteiger partial charge in [-0.3, -0.25) is 4.90 Å². The molecule has 2 fully saturated rings. The van der Waals surface area contributed by atoms with Gasteiger partial charge in [0.05, 0.1) is 5.56 Å². The third kappa shape index (κ3) is 4.78. The predicted octanol–water partition coefficient (Wildman–Crippen LogP) is 4.69. The van der Waals surface area contributed by atoms with Crippen LogP contribution >= 0.6 is 24.8 Å². The summed E-state index contributed by atoms with van der Waals surface area (Å²) in [4.78, 5) is 2.26. The van der Waals surface area contributed by atoms with E-state index in [1.54, 1.807) is 12.1 Å². The molecular formula is C17H25Cl2F3N2. The van der Waals surface area contributed by atoms with Gasteiger partial charge in [0.2, 0.25) is 0 Å². The van der Waals surface area contributed by atoms with E-state index in [0.29, 0.717) is 11.5 Å². The lowest BCUT2D eigenvalue weighted by atomic mass is 9.87. The van der Waals surface area contributed by atoms with E-state index in [4.69, 9.17) is 0 Å². The van der Waals surface area contributed by atoms with E-state index in [0.717, 1.165) is 51.9 Å². The molecule has 1 heterocycles. The van der Waals surface area contributed by atoms with Crippen molar-refractivity contribution in [2.24, 2.45) is 5.92 Å². The molecule has 2 nitrogen and oxygen atoms in total. The average molecular weight is 385 g/mol. The minimum Gasteiger partial charge on any atom is -0.314 e. The van der Waals surface area contributed by atoms with Crippen LogP contribution in [-0.4, -0.2) is 31.1 Å². The van der Waals surface area contributed by atoms with Crippen molar-refractivity contribution < 1.29 is 13.2 Å². The quantitative estimate of drug-likeness (QED) is 0.813. The average Bonchev–Trinajstić information content (AvgIpc) is 3.02. The summed E-state index contributed by atoms with van der Waals surface area (Å²) in [6.45, 7) is 3.37. The van der Waals surface area contributed by atoms with E-state index in [1.807, 2.05) is 0 Å². The highest BCUT2D eigenvalue weighted by molar-refractivity contribution is 5.85. The van der Waals surface area contributed by atoms with Crippen LogP contribution in [0.5, 0.6) is 0 Å². The van der Waals surface area contributed by atoms with Crippen LogP contribution in [0.1, 0.15) is 42.9 Å². The highest BCUT2D eigenvalue weighted by atomic mass is 35.5. The summed E-state index contributed by atoms with van der Waals surface area (Å²) in [6.07, 6.45) is 0.0892. The van der Waals surface area contributed by atoms with Crippen molar-refractivity contribution in [3.05, 3.63) is 35.4 Å². The molecule has 1 aromatic carbocycles. The minimum absolute atomic E-state index is 0. The van der Waals surface area contributed by atoms with E-state index in [-0.39, 0.29) is 30.9 Å². The zero-order valence-electron chi connectivity index (χ0n) is 13.5. The summed E-state index contributed by atoms with van der Waals surface area (Å²) < 4.78 is 40.3. The van der Waals surface area contributed by atoms with Crippen LogP contribution < -0.4 is 5.32 Å². The first-order valence-electron chi connectivity index (χ1n) is 8.18. The number of piperazine rings is 1. The molecule has 0 amide bonds. The van der Waals surface area contributed by atoms with Crippen molar-refractivity contribution >= 4 is 24.8 Å². The molecule has 1 atom stereocenters. The zero-order chi connectivity index (χ0) is 15.6. The Bertz CT molecular complexity index is 499. The van der Waals surface area contributed by atoms with Gasteiger partial charge in [0.15, 0.2) is 0 Å². The Morgan fingerprint density at radius 3 is 2.17 bits per heavy atom. The molecule has 0 spiro atoms. The number of benzene rings is 1. The second kappa shape index (κ2) is 9.27. The van der Waals surface area contributed by atoms with Crippen LogP contribution in [0.2, 0.25) is 0 Å². The van der Waals surface area contributed by atoms with E-state index < -0.39 is 11.7 Å². The second-order valence-electron chi connectivity index (χ2n) is 6.36. The second-order valence-corrected chi connectivity index (χ2v) is 6.36. The Morgan fingerprint density at radius 2 is 1.58 bits per heavy atom. The van der Waals surface area contributed by atoms with E-state index >= 15 is 0 Å². The maximum Gasteiger partial charge on any atom is 0.416 e. The summed E-state index contributed by atoms with van der Waals surface area (Å²) in [5, 5.41) is 3.29. The van der Waals surface area contributed by atoms with E-state index in [2.05, 4.69) is 10.2 Å². The first-order chi connectivity index (χ1) is 10.6. The third-order valence-electron chi connectivity index (χ3n) is 4.98. The highest BCUT2D eigenvalue weighted by Crippen LogP contribution is 2.44. The fourth-order valence-corrected chi connectivity index (χ4v) is 4.00. The smallest absolute Gasteiger partial charge is 0.314 e. The largest absolute Gasteiger partial charge is 0.416 e. The molecule has 1 N–H and O–H groups in total. The summed E-state index contributed by atoms with van der Waals surface area (Å²) in [6, 6.07) is 6.07. The summed E-state index contributed by atoms with van der Waals surface area (Å²) in [7, 11) is 0. The molecule has 0 aromatic heterocycles. The van der Waals surface area contributed by atoms with Crippen LogP contribution in [0, 0.1) is 5.92 Å². The Morgan fingerprint density at radius 1 is 1.00 bits per heavy atom. The Hall–Kier alpha value is -0.490. The molecule has 0 radical (unpaired) electrons. The molecule has 1 aromatic rings. The summed E-state index contributed by atoms with van der Waals surface area (Å²) in [5.74, 6) is 0.349. The first-order valence-corrected chi connectivity index (χ1v) is 8.18. The Balaban J connectivity index is 0.00000144. The first kappa shape index (κ1) is 21.6. The molecule has 1 saturated carbocycles. The maximum atomic E-state index is 13.4.